The fraction of sp³-hybridized carbons (Fsp3) is 0.625. The lowest BCUT2D eigenvalue weighted by Crippen LogP contribution is -2.27. The van der Waals surface area contributed by atoms with Gasteiger partial charge in [0.25, 0.3) is 0 Å². The first-order chi connectivity index (χ1) is 9.76. The molecule has 0 spiro atoms. The van der Waals surface area contributed by atoms with Crippen molar-refractivity contribution in [1.82, 2.24) is 5.32 Å². The minimum absolute atomic E-state index is 0.702. The fourth-order valence-corrected chi connectivity index (χ4v) is 3.17. The number of hydrogen-bond acceptors (Lipinski definition) is 3. The Morgan fingerprint density at radius 2 is 2.25 bits per heavy atom. The second kappa shape index (κ2) is 11.6. The number of methoxy groups -OCH3 is 1. The van der Waals surface area contributed by atoms with E-state index in [4.69, 9.17) is 4.74 Å². The number of ether oxygens (including phenoxy) is 1. The van der Waals surface area contributed by atoms with Crippen LogP contribution >= 0.6 is 27.7 Å². The Hall–Kier alpha value is -0.0300. The second-order valence-corrected chi connectivity index (χ2v) is 6.93. The zero-order chi connectivity index (χ0) is 14.6. The van der Waals surface area contributed by atoms with E-state index in [1.807, 2.05) is 11.8 Å². The van der Waals surface area contributed by atoms with Gasteiger partial charge in [0, 0.05) is 18.1 Å². The average Bonchev–Trinajstić information content (AvgIpc) is 2.43. The Morgan fingerprint density at radius 1 is 1.40 bits per heavy atom. The predicted octanol–water partition coefficient (Wildman–Crippen LogP) is 3.99. The van der Waals surface area contributed by atoms with Crippen molar-refractivity contribution in [2.75, 3.05) is 38.8 Å². The van der Waals surface area contributed by atoms with Gasteiger partial charge in [0.15, 0.2) is 0 Å². The average molecular weight is 360 g/mol. The molecule has 0 saturated carbocycles. The van der Waals surface area contributed by atoms with Gasteiger partial charge in [-0.1, -0.05) is 28.1 Å². The zero-order valence-electron chi connectivity index (χ0n) is 12.5. The molecule has 0 amide bonds. The fourth-order valence-electron chi connectivity index (χ4n) is 2.27. The molecule has 20 heavy (non-hydrogen) atoms. The van der Waals surface area contributed by atoms with Crippen molar-refractivity contribution in [2.24, 2.45) is 5.92 Å². The molecule has 0 aromatic heterocycles. The van der Waals surface area contributed by atoms with Crippen LogP contribution in [0.5, 0.6) is 0 Å². The normalized spacial score (nSPS) is 12.6. The van der Waals surface area contributed by atoms with Crippen LogP contribution in [0.2, 0.25) is 0 Å². The van der Waals surface area contributed by atoms with Crippen LogP contribution in [0, 0.1) is 5.92 Å². The summed E-state index contributed by atoms with van der Waals surface area (Å²) in [5, 5.41) is 3.50. The quantitative estimate of drug-likeness (QED) is 0.603. The van der Waals surface area contributed by atoms with E-state index in [2.05, 4.69) is 51.8 Å². The number of nitrogens with one attached hydrogen (secondary N) is 1. The molecule has 1 N–H and O–H groups in total. The zero-order valence-corrected chi connectivity index (χ0v) is 14.9. The smallest absolute Gasteiger partial charge is 0.0587 e. The highest BCUT2D eigenvalue weighted by Crippen LogP contribution is 2.18. The van der Waals surface area contributed by atoms with E-state index in [0.29, 0.717) is 5.92 Å². The van der Waals surface area contributed by atoms with Crippen molar-refractivity contribution in [3.05, 3.63) is 34.3 Å². The molecule has 0 fully saturated rings. The summed E-state index contributed by atoms with van der Waals surface area (Å²) >= 11 is 5.49. The van der Waals surface area contributed by atoms with E-state index in [0.717, 1.165) is 26.1 Å². The molecule has 4 heteroatoms. The highest BCUT2D eigenvalue weighted by atomic mass is 79.9. The van der Waals surface area contributed by atoms with Crippen molar-refractivity contribution in [3.63, 3.8) is 0 Å². The van der Waals surface area contributed by atoms with E-state index in [9.17, 15) is 0 Å². The van der Waals surface area contributed by atoms with Crippen LogP contribution < -0.4 is 5.32 Å². The second-order valence-electron chi connectivity index (χ2n) is 5.03. The largest absolute Gasteiger partial charge is 0.383 e. The van der Waals surface area contributed by atoms with E-state index in [-0.39, 0.29) is 0 Å². The van der Waals surface area contributed by atoms with Crippen LogP contribution in [0.25, 0.3) is 0 Å². The molecule has 0 aliphatic heterocycles. The van der Waals surface area contributed by atoms with Crippen LogP contribution in [0.3, 0.4) is 0 Å². The van der Waals surface area contributed by atoms with Gasteiger partial charge < -0.3 is 10.1 Å². The maximum Gasteiger partial charge on any atom is 0.0587 e. The first-order valence-electron chi connectivity index (χ1n) is 7.19. The lowest BCUT2D eigenvalue weighted by molar-refractivity contribution is 0.197. The van der Waals surface area contributed by atoms with Gasteiger partial charge in [-0.3, -0.25) is 0 Å². The highest BCUT2D eigenvalue weighted by Gasteiger charge is 2.09. The predicted molar refractivity (Wildman–Crippen MR) is 93.7 cm³/mol. The summed E-state index contributed by atoms with van der Waals surface area (Å²) < 4.78 is 6.26. The monoisotopic (exact) mass is 359 g/mol. The van der Waals surface area contributed by atoms with E-state index < -0.39 is 0 Å². The van der Waals surface area contributed by atoms with Crippen molar-refractivity contribution in [1.29, 1.82) is 0 Å². The van der Waals surface area contributed by atoms with Gasteiger partial charge in [0.2, 0.25) is 0 Å². The first-order valence-corrected chi connectivity index (χ1v) is 9.38. The van der Waals surface area contributed by atoms with Crippen molar-refractivity contribution >= 4 is 27.7 Å². The van der Waals surface area contributed by atoms with Gasteiger partial charge in [0.05, 0.1) is 6.61 Å². The number of hydrogen-bond donors (Lipinski definition) is 1. The molecule has 1 aromatic carbocycles. The number of halogens is 1. The van der Waals surface area contributed by atoms with Crippen LogP contribution in [0.15, 0.2) is 28.7 Å². The standard InChI is InChI=1S/C16H26BrNOS/c1-19-9-8-18-13-15(6-4-10-20-2)11-14-5-3-7-16(17)12-14/h3,5,7,12,15,18H,4,6,8-11,13H2,1-2H3. The topological polar surface area (TPSA) is 21.3 Å². The van der Waals surface area contributed by atoms with Gasteiger partial charge in [0.1, 0.15) is 0 Å². The third-order valence-electron chi connectivity index (χ3n) is 3.29. The maximum atomic E-state index is 5.08. The van der Waals surface area contributed by atoms with E-state index in [1.54, 1.807) is 7.11 Å². The van der Waals surface area contributed by atoms with Gasteiger partial charge in [-0.2, -0.15) is 11.8 Å². The highest BCUT2D eigenvalue weighted by molar-refractivity contribution is 9.10. The van der Waals surface area contributed by atoms with Crippen LogP contribution in [0.4, 0.5) is 0 Å². The van der Waals surface area contributed by atoms with Crippen molar-refractivity contribution in [3.8, 4) is 0 Å². The molecular weight excluding hydrogens is 334 g/mol. The summed E-state index contributed by atoms with van der Waals surface area (Å²) in [6.45, 7) is 2.80. The van der Waals surface area contributed by atoms with Crippen molar-refractivity contribution in [2.45, 2.75) is 19.3 Å². The van der Waals surface area contributed by atoms with Gasteiger partial charge in [-0.05, 0) is 61.4 Å². The molecule has 0 aliphatic rings. The summed E-state index contributed by atoms with van der Waals surface area (Å²) in [6.07, 6.45) is 5.91. The molecule has 0 heterocycles. The molecule has 1 unspecified atom stereocenters. The minimum Gasteiger partial charge on any atom is -0.383 e. The summed E-state index contributed by atoms with van der Waals surface area (Å²) in [7, 11) is 1.75. The van der Waals surface area contributed by atoms with Gasteiger partial charge in [-0.25, -0.2) is 0 Å². The molecule has 0 radical (unpaired) electrons. The van der Waals surface area contributed by atoms with Gasteiger partial charge in [-0.15, -0.1) is 0 Å². The molecule has 0 aliphatic carbocycles. The summed E-state index contributed by atoms with van der Waals surface area (Å²) in [6, 6.07) is 8.66. The SMILES string of the molecule is COCCNCC(CCCSC)Cc1cccc(Br)c1. The maximum absolute atomic E-state index is 5.08. The molecular formula is C16H26BrNOS. The van der Waals surface area contributed by atoms with Crippen LogP contribution in [-0.2, 0) is 11.2 Å². The molecule has 0 saturated heterocycles. The molecule has 1 rings (SSSR count). The Labute approximate surface area is 136 Å². The first kappa shape index (κ1) is 18.0. The summed E-state index contributed by atoms with van der Waals surface area (Å²) in [5.74, 6) is 1.96. The van der Waals surface area contributed by atoms with E-state index >= 15 is 0 Å². The Morgan fingerprint density at radius 3 is 2.95 bits per heavy atom. The number of rotatable bonds is 11. The van der Waals surface area contributed by atoms with Crippen LogP contribution in [-0.4, -0.2) is 38.8 Å². The lowest BCUT2D eigenvalue weighted by atomic mass is 9.95. The Bertz CT molecular complexity index is 362. The molecule has 1 atom stereocenters. The molecule has 114 valence electrons. The molecule has 0 bridgehead atoms. The Balaban J connectivity index is 2.43. The molecule has 2 nitrogen and oxygen atoms in total. The van der Waals surface area contributed by atoms with Crippen molar-refractivity contribution < 1.29 is 4.74 Å². The minimum atomic E-state index is 0.702. The number of thioether (sulfide) groups is 1. The van der Waals surface area contributed by atoms with Gasteiger partial charge >= 0.3 is 0 Å². The summed E-state index contributed by atoms with van der Waals surface area (Å²) in [4.78, 5) is 0. The Kier molecular flexibility index (Phi) is 10.5. The lowest BCUT2D eigenvalue weighted by Gasteiger charge is -2.18. The third-order valence-corrected chi connectivity index (χ3v) is 4.48. The van der Waals surface area contributed by atoms with Crippen LogP contribution in [0.1, 0.15) is 18.4 Å². The summed E-state index contributed by atoms with van der Waals surface area (Å²) in [5.41, 5.74) is 1.42. The third kappa shape index (κ3) is 8.30. The van der Waals surface area contributed by atoms with E-state index in [1.165, 1.54) is 28.6 Å². The number of benzene rings is 1. The molecule has 1 aromatic rings.